The normalized spacial score (nSPS) is 15.8. The number of carbonyl (C=O) groups is 2. The Morgan fingerprint density at radius 2 is 1.91 bits per heavy atom. The molecule has 22 heavy (non-hydrogen) atoms. The van der Waals surface area contributed by atoms with Crippen molar-refractivity contribution in [3.8, 4) is 0 Å². The van der Waals surface area contributed by atoms with Gasteiger partial charge in [0.05, 0.1) is 0 Å². The molecule has 0 saturated carbocycles. The third kappa shape index (κ3) is 2.89. The third-order valence-electron chi connectivity index (χ3n) is 4.27. The van der Waals surface area contributed by atoms with E-state index in [-0.39, 0.29) is 18.3 Å². The van der Waals surface area contributed by atoms with E-state index in [0.29, 0.717) is 22.8 Å². The molecule has 1 aromatic carbocycles. The second-order valence-corrected chi connectivity index (χ2v) is 5.79. The second kappa shape index (κ2) is 6.30. The number of aldehydes is 1. The van der Waals surface area contributed by atoms with Gasteiger partial charge in [0.1, 0.15) is 12.4 Å². The van der Waals surface area contributed by atoms with E-state index in [1.54, 1.807) is 16.8 Å². The summed E-state index contributed by atoms with van der Waals surface area (Å²) >= 11 is 0. The lowest BCUT2D eigenvalue weighted by molar-refractivity contribution is -0.131. The van der Waals surface area contributed by atoms with E-state index in [0.717, 1.165) is 25.9 Å². The molecule has 1 amide bonds. The molecular weight excluding hydrogens is 283 g/mol. The molecule has 0 atom stereocenters. The molecule has 116 valence electrons. The van der Waals surface area contributed by atoms with Crippen LogP contribution in [0.1, 0.15) is 36.0 Å². The van der Waals surface area contributed by atoms with Crippen molar-refractivity contribution in [1.82, 2.24) is 9.47 Å². The van der Waals surface area contributed by atoms with Gasteiger partial charge in [0, 0.05) is 35.8 Å². The largest absolute Gasteiger partial charge is 0.341 e. The lowest BCUT2D eigenvalue weighted by atomic mass is 10.2. The highest BCUT2D eigenvalue weighted by atomic mass is 19.1. The molecule has 2 heterocycles. The fraction of sp³-hybridized carbons (Fsp3) is 0.412. The number of aromatic nitrogens is 1. The maximum Gasteiger partial charge on any atom is 0.242 e. The highest BCUT2D eigenvalue weighted by molar-refractivity contribution is 5.98. The number of carbonyl (C=O) groups excluding carboxylic acids is 2. The van der Waals surface area contributed by atoms with Crippen molar-refractivity contribution in [2.75, 3.05) is 13.1 Å². The van der Waals surface area contributed by atoms with Gasteiger partial charge in [-0.2, -0.15) is 0 Å². The van der Waals surface area contributed by atoms with Gasteiger partial charge < -0.3 is 9.47 Å². The third-order valence-corrected chi connectivity index (χ3v) is 4.27. The fourth-order valence-electron chi connectivity index (χ4n) is 3.09. The van der Waals surface area contributed by atoms with E-state index >= 15 is 0 Å². The monoisotopic (exact) mass is 302 g/mol. The quantitative estimate of drug-likeness (QED) is 0.818. The van der Waals surface area contributed by atoms with Crippen LogP contribution in [0.25, 0.3) is 10.9 Å². The average molecular weight is 302 g/mol. The highest BCUT2D eigenvalue weighted by Gasteiger charge is 2.17. The van der Waals surface area contributed by atoms with Crippen LogP contribution in [0.5, 0.6) is 0 Å². The van der Waals surface area contributed by atoms with Gasteiger partial charge in [-0.3, -0.25) is 9.59 Å². The van der Waals surface area contributed by atoms with Crippen molar-refractivity contribution in [3.05, 3.63) is 35.8 Å². The van der Waals surface area contributed by atoms with Gasteiger partial charge in [-0.15, -0.1) is 0 Å². The van der Waals surface area contributed by atoms with Crippen molar-refractivity contribution in [3.63, 3.8) is 0 Å². The lowest BCUT2D eigenvalue weighted by Gasteiger charge is -2.20. The predicted molar refractivity (Wildman–Crippen MR) is 82.3 cm³/mol. The topological polar surface area (TPSA) is 42.3 Å². The van der Waals surface area contributed by atoms with E-state index in [1.807, 2.05) is 4.90 Å². The molecule has 2 aromatic rings. The zero-order chi connectivity index (χ0) is 15.5. The highest BCUT2D eigenvalue weighted by Crippen LogP contribution is 2.22. The Kier molecular flexibility index (Phi) is 4.22. The molecule has 0 N–H and O–H groups in total. The van der Waals surface area contributed by atoms with Crippen molar-refractivity contribution >= 4 is 23.1 Å². The Bertz CT molecular complexity index is 700. The molecule has 0 bridgehead atoms. The molecule has 4 nitrogen and oxygen atoms in total. The summed E-state index contributed by atoms with van der Waals surface area (Å²) in [5.41, 5.74) is 1.13. The fourth-order valence-corrected chi connectivity index (χ4v) is 3.09. The Labute approximate surface area is 128 Å². The second-order valence-electron chi connectivity index (χ2n) is 5.79. The Hall–Kier alpha value is -2.17. The zero-order valence-corrected chi connectivity index (χ0v) is 12.4. The number of fused-ring (bicyclic) bond motifs is 1. The van der Waals surface area contributed by atoms with E-state index < -0.39 is 0 Å². The first-order valence-electron chi connectivity index (χ1n) is 7.70. The molecule has 1 aromatic heterocycles. The SMILES string of the molecule is O=Cc1cn(CC(=O)N2CCCCCC2)c2ccc(F)cc12. The minimum atomic E-state index is -0.382. The lowest BCUT2D eigenvalue weighted by Crippen LogP contribution is -2.34. The maximum atomic E-state index is 13.4. The van der Waals surface area contributed by atoms with Crippen LogP contribution in [-0.4, -0.2) is 34.7 Å². The van der Waals surface area contributed by atoms with E-state index in [1.165, 1.54) is 25.0 Å². The van der Waals surface area contributed by atoms with Gasteiger partial charge in [0.25, 0.3) is 0 Å². The maximum absolute atomic E-state index is 13.4. The summed E-state index contributed by atoms with van der Waals surface area (Å²) in [6.45, 7) is 1.79. The Morgan fingerprint density at radius 1 is 1.18 bits per heavy atom. The number of halogens is 1. The van der Waals surface area contributed by atoms with Crippen LogP contribution in [0.3, 0.4) is 0 Å². The first kappa shape index (κ1) is 14.8. The van der Waals surface area contributed by atoms with Gasteiger partial charge in [-0.1, -0.05) is 12.8 Å². The van der Waals surface area contributed by atoms with Crippen LogP contribution < -0.4 is 0 Å². The van der Waals surface area contributed by atoms with E-state index in [4.69, 9.17) is 0 Å². The molecule has 0 unspecified atom stereocenters. The van der Waals surface area contributed by atoms with Crippen LogP contribution in [-0.2, 0) is 11.3 Å². The number of amides is 1. The molecule has 1 saturated heterocycles. The van der Waals surface area contributed by atoms with Gasteiger partial charge >= 0.3 is 0 Å². The number of benzene rings is 1. The van der Waals surface area contributed by atoms with Crippen molar-refractivity contribution < 1.29 is 14.0 Å². The van der Waals surface area contributed by atoms with Crippen molar-refractivity contribution in [2.24, 2.45) is 0 Å². The minimum Gasteiger partial charge on any atom is -0.341 e. The Balaban J connectivity index is 1.87. The number of nitrogens with zero attached hydrogens (tertiary/aromatic N) is 2. The summed E-state index contributed by atoms with van der Waals surface area (Å²) in [6.07, 6.45) is 6.77. The summed E-state index contributed by atoms with van der Waals surface area (Å²) in [5.74, 6) is -0.326. The predicted octanol–water partition coefficient (Wildman–Crippen LogP) is 3.00. The molecule has 3 rings (SSSR count). The molecule has 1 aliphatic rings. The first-order chi connectivity index (χ1) is 10.7. The summed E-state index contributed by atoms with van der Waals surface area (Å²) in [6, 6.07) is 4.31. The van der Waals surface area contributed by atoms with Crippen LogP contribution in [0.15, 0.2) is 24.4 Å². The van der Waals surface area contributed by atoms with Gasteiger partial charge in [0.15, 0.2) is 6.29 Å². The van der Waals surface area contributed by atoms with E-state index in [9.17, 15) is 14.0 Å². The molecule has 5 heteroatoms. The minimum absolute atomic E-state index is 0.0561. The number of hydrogen-bond donors (Lipinski definition) is 0. The molecule has 1 aliphatic heterocycles. The van der Waals surface area contributed by atoms with Crippen LogP contribution in [0.4, 0.5) is 4.39 Å². The molecular formula is C17H19FN2O2. The average Bonchev–Trinajstić information content (AvgIpc) is 2.69. The van der Waals surface area contributed by atoms with E-state index in [2.05, 4.69) is 0 Å². The molecule has 1 fully saturated rings. The summed E-state index contributed by atoms with van der Waals surface area (Å²) in [5, 5.41) is 0.554. The number of rotatable bonds is 3. The number of likely N-dealkylation sites (tertiary alicyclic amines) is 1. The smallest absolute Gasteiger partial charge is 0.242 e. The van der Waals surface area contributed by atoms with Crippen molar-refractivity contribution in [2.45, 2.75) is 32.2 Å². The van der Waals surface area contributed by atoms with Crippen molar-refractivity contribution in [1.29, 1.82) is 0 Å². The first-order valence-corrected chi connectivity index (χ1v) is 7.70. The zero-order valence-electron chi connectivity index (χ0n) is 12.4. The molecule has 0 radical (unpaired) electrons. The van der Waals surface area contributed by atoms with Gasteiger partial charge in [-0.25, -0.2) is 4.39 Å². The summed E-state index contributed by atoms with van der Waals surface area (Å²) in [7, 11) is 0. The summed E-state index contributed by atoms with van der Waals surface area (Å²) < 4.78 is 15.1. The van der Waals surface area contributed by atoms with Crippen LogP contribution in [0.2, 0.25) is 0 Å². The van der Waals surface area contributed by atoms with Gasteiger partial charge in [-0.05, 0) is 31.0 Å². The van der Waals surface area contributed by atoms with Crippen LogP contribution >= 0.6 is 0 Å². The number of hydrogen-bond acceptors (Lipinski definition) is 2. The van der Waals surface area contributed by atoms with Crippen LogP contribution in [0, 0.1) is 5.82 Å². The van der Waals surface area contributed by atoms with Gasteiger partial charge in [0.2, 0.25) is 5.91 Å². The molecule has 0 aliphatic carbocycles. The molecule has 0 spiro atoms. The standard InChI is InChI=1S/C17H19FN2O2/c18-14-5-6-16-15(9-14)13(12-21)10-20(16)11-17(22)19-7-3-1-2-4-8-19/h5-6,9-10,12H,1-4,7-8,11H2. The Morgan fingerprint density at radius 3 is 2.59 bits per heavy atom. The summed E-state index contributed by atoms with van der Waals surface area (Å²) in [4.78, 5) is 25.5.